The molecule has 0 aliphatic carbocycles. The van der Waals surface area contributed by atoms with Gasteiger partial charge in [0.25, 0.3) is 0 Å². The summed E-state index contributed by atoms with van der Waals surface area (Å²) in [5.41, 5.74) is 10.6. The van der Waals surface area contributed by atoms with Crippen molar-refractivity contribution in [3.05, 3.63) is 59.2 Å². The maximum Gasteiger partial charge on any atom is 0.242 e. The van der Waals surface area contributed by atoms with Crippen LogP contribution in [-0.2, 0) is 4.79 Å². The van der Waals surface area contributed by atoms with E-state index in [0.29, 0.717) is 13.0 Å². The Hall–Kier alpha value is -2.37. The summed E-state index contributed by atoms with van der Waals surface area (Å²) < 4.78 is 5.47. The van der Waals surface area contributed by atoms with Crippen LogP contribution in [0.3, 0.4) is 0 Å². The molecule has 2 aromatic carbocycles. The fourth-order valence-corrected chi connectivity index (χ4v) is 3.02. The molecule has 0 radical (unpaired) electrons. The van der Waals surface area contributed by atoms with Crippen molar-refractivity contribution in [1.82, 2.24) is 10.9 Å². The van der Waals surface area contributed by atoms with Gasteiger partial charge in [-0.2, -0.15) is 0 Å². The number of aryl methyl sites for hydroxylation is 1. The summed E-state index contributed by atoms with van der Waals surface area (Å²) in [6, 6.07) is 13.8. The predicted octanol–water partition coefficient (Wildman–Crippen LogP) is 3.25. The number of benzene rings is 2. The molecule has 1 fully saturated rings. The number of nitrogens with one attached hydrogen (secondary N) is 3. The van der Waals surface area contributed by atoms with Crippen LogP contribution in [0.25, 0.3) is 0 Å². The maximum atomic E-state index is 12.6. The van der Waals surface area contributed by atoms with Gasteiger partial charge in [-0.15, -0.1) is 0 Å². The van der Waals surface area contributed by atoms with Gasteiger partial charge < -0.3 is 10.1 Å². The Morgan fingerprint density at radius 2 is 1.92 bits per heavy atom. The van der Waals surface area contributed by atoms with Crippen molar-refractivity contribution in [2.75, 3.05) is 11.9 Å². The zero-order valence-corrected chi connectivity index (χ0v) is 14.9. The molecule has 1 aliphatic rings. The van der Waals surface area contributed by atoms with E-state index in [0.717, 1.165) is 22.6 Å². The average Bonchev–Trinajstić information content (AvgIpc) is 3.10. The number of hydrogen-bond acceptors (Lipinski definition) is 4. The van der Waals surface area contributed by atoms with Crippen molar-refractivity contribution < 1.29 is 9.53 Å². The van der Waals surface area contributed by atoms with Gasteiger partial charge in [0.1, 0.15) is 11.8 Å². The van der Waals surface area contributed by atoms with E-state index in [-0.39, 0.29) is 18.0 Å². The molecule has 0 bridgehead atoms. The van der Waals surface area contributed by atoms with Crippen LogP contribution in [0.15, 0.2) is 42.5 Å². The summed E-state index contributed by atoms with van der Waals surface area (Å²) >= 11 is 0. The molecule has 0 aromatic heterocycles. The third-order valence-electron chi connectivity index (χ3n) is 4.68. The largest absolute Gasteiger partial charge is 0.494 e. The highest BCUT2D eigenvalue weighted by Crippen LogP contribution is 2.25. The molecule has 2 aromatic rings. The number of ether oxygens (including phenoxy) is 1. The smallest absolute Gasteiger partial charge is 0.242 e. The molecule has 25 heavy (non-hydrogen) atoms. The van der Waals surface area contributed by atoms with E-state index in [9.17, 15) is 4.79 Å². The number of amides is 1. The molecule has 5 nitrogen and oxygen atoms in total. The van der Waals surface area contributed by atoms with Crippen LogP contribution in [0.1, 0.15) is 36.1 Å². The summed E-state index contributed by atoms with van der Waals surface area (Å²) in [5.74, 6) is 0.844. The van der Waals surface area contributed by atoms with Gasteiger partial charge in [-0.1, -0.05) is 24.3 Å². The van der Waals surface area contributed by atoms with Gasteiger partial charge in [-0.3, -0.25) is 4.79 Å². The van der Waals surface area contributed by atoms with E-state index in [1.807, 2.05) is 63.2 Å². The average molecular weight is 339 g/mol. The lowest BCUT2D eigenvalue weighted by atomic mass is 10.0. The predicted molar refractivity (Wildman–Crippen MR) is 99.6 cm³/mol. The van der Waals surface area contributed by atoms with Crippen LogP contribution in [0.5, 0.6) is 5.75 Å². The minimum absolute atomic E-state index is 0.0189. The highest BCUT2D eigenvalue weighted by molar-refractivity contribution is 5.95. The molecular weight excluding hydrogens is 314 g/mol. The molecule has 1 aliphatic heterocycles. The molecule has 2 atom stereocenters. The highest BCUT2D eigenvalue weighted by Gasteiger charge is 2.30. The minimum Gasteiger partial charge on any atom is -0.494 e. The first-order chi connectivity index (χ1) is 12.1. The zero-order valence-electron chi connectivity index (χ0n) is 14.9. The Labute approximate surface area is 148 Å². The first kappa shape index (κ1) is 17.5. The normalized spacial score (nSPS) is 19.6. The van der Waals surface area contributed by atoms with Gasteiger partial charge in [-0.05, 0) is 62.1 Å². The highest BCUT2D eigenvalue weighted by atomic mass is 16.5. The first-order valence-electron chi connectivity index (χ1n) is 8.69. The molecule has 5 heteroatoms. The Kier molecular flexibility index (Phi) is 5.36. The first-order valence-corrected chi connectivity index (χ1v) is 8.69. The Morgan fingerprint density at radius 1 is 1.16 bits per heavy atom. The van der Waals surface area contributed by atoms with Crippen LogP contribution in [0.4, 0.5) is 5.69 Å². The van der Waals surface area contributed by atoms with Crippen molar-refractivity contribution in [3.8, 4) is 5.75 Å². The lowest BCUT2D eigenvalue weighted by Gasteiger charge is -2.14. The lowest BCUT2D eigenvalue weighted by Crippen LogP contribution is -2.39. The minimum atomic E-state index is -0.267. The van der Waals surface area contributed by atoms with Gasteiger partial charge in [0.05, 0.1) is 6.61 Å². The summed E-state index contributed by atoms with van der Waals surface area (Å²) in [7, 11) is 0. The van der Waals surface area contributed by atoms with E-state index in [1.165, 1.54) is 5.56 Å². The van der Waals surface area contributed by atoms with Gasteiger partial charge in [0.2, 0.25) is 5.91 Å². The fourth-order valence-electron chi connectivity index (χ4n) is 3.02. The Morgan fingerprint density at radius 3 is 2.64 bits per heavy atom. The van der Waals surface area contributed by atoms with Crippen LogP contribution in [0.2, 0.25) is 0 Å². The third kappa shape index (κ3) is 4.00. The maximum absolute atomic E-state index is 12.6. The Bertz CT molecular complexity index is 743. The molecular formula is C20H25N3O2. The van der Waals surface area contributed by atoms with E-state index in [2.05, 4.69) is 16.2 Å². The number of rotatable bonds is 5. The van der Waals surface area contributed by atoms with Crippen molar-refractivity contribution >= 4 is 11.6 Å². The molecule has 3 rings (SSSR count). The van der Waals surface area contributed by atoms with E-state index < -0.39 is 0 Å². The van der Waals surface area contributed by atoms with Crippen LogP contribution >= 0.6 is 0 Å². The third-order valence-corrected chi connectivity index (χ3v) is 4.68. The van der Waals surface area contributed by atoms with Gasteiger partial charge in [-0.25, -0.2) is 10.9 Å². The van der Waals surface area contributed by atoms with E-state index in [4.69, 9.17) is 4.74 Å². The Balaban J connectivity index is 1.62. The molecule has 0 spiro atoms. The second kappa shape index (κ2) is 7.68. The number of anilines is 1. The van der Waals surface area contributed by atoms with Crippen LogP contribution < -0.4 is 20.9 Å². The number of carbonyl (C=O) groups excluding carboxylic acids is 1. The number of carbonyl (C=O) groups is 1. The lowest BCUT2D eigenvalue weighted by molar-refractivity contribution is -0.117. The number of hydrogen-bond donors (Lipinski definition) is 3. The second-order valence-electron chi connectivity index (χ2n) is 6.37. The quantitative estimate of drug-likeness (QED) is 0.782. The zero-order chi connectivity index (χ0) is 17.8. The fraction of sp³-hybridized carbons (Fsp3) is 0.350. The topological polar surface area (TPSA) is 62.4 Å². The molecule has 1 amide bonds. The van der Waals surface area contributed by atoms with E-state index in [1.54, 1.807) is 0 Å². The molecule has 3 N–H and O–H groups in total. The molecule has 2 unspecified atom stereocenters. The van der Waals surface area contributed by atoms with Crippen molar-refractivity contribution in [3.63, 3.8) is 0 Å². The van der Waals surface area contributed by atoms with E-state index >= 15 is 0 Å². The number of hydrazine groups is 1. The van der Waals surface area contributed by atoms with Gasteiger partial charge in [0, 0.05) is 11.7 Å². The van der Waals surface area contributed by atoms with Crippen LogP contribution in [-0.4, -0.2) is 18.6 Å². The summed E-state index contributed by atoms with van der Waals surface area (Å²) in [5, 5.41) is 3.03. The van der Waals surface area contributed by atoms with Crippen LogP contribution in [0, 0.1) is 13.8 Å². The second-order valence-corrected chi connectivity index (χ2v) is 6.37. The molecule has 0 saturated carbocycles. The molecule has 132 valence electrons. The van der Waals surface area contributed by atoms with Crippen molar-refractivity contribution in [1.29, 1.82) is 0 Å². The summed E-state index contributed by atoms with van der Waals surface area (Å²) in [6.07, 6.45) is 0.699. The van der Waals surface area contributed by atoms with Gasteiger partial charge >= 0.3 is 0 Å². The van der Waals surface area contributed by atoms with Crippen molar-refractivity contribution in [2.45, 2.75) is 39.3 Å². The molecule has 1 saturated heterocycles. The summed E-state index contributed by atoms with van der Waals surface area (Å²) in [6.45, 7) is 6.69. The van der Waals surface area contributed by atoms with Crippen molar-refractivity contribution in [2.24, 2.45) is 0 Å². The molecule has 1 heterocycles. The SMILES string of the molecule is CCOc1ccc(C2CC(C(=O)Nc3cccc(C)c3C)NN2)cc1. The standard InChI is InChI=1S/C20H25N3O2/c1-4-25-16-10-8-15(9-11-16)18-12-19(23-22-18)20(24)21-17-7-5-6-13(2)14(17)3/h5-11,18-19,22-23H,4,12H2,1-3H3,(H,21,24). The monoisotopic (exact) mass is 339 g/mol. The van der Waals surface area contributed by atoms with Gasteiger partial charge in [0.15, 0.2) is 0 Å². The summed E-state index contributed by atoms with van der Waals surface area (Å²) in [4.78, 5) is 12.6.